The van der Waals surface area contributed by atoms with Crippen LogP contribution >= 0.6 is 23.1 Å². The summed E-state index contributed by atoms with van der Waals surface area (Å²) in [6, 6.07) is 8.41. The fourth-order valence-electron chi connectivity index (χ4n) is 2.32. The Kier molecular flexibility index (Phi) is 3.62. The standard InChI is InChI=1S/C15H16OS2/c1-16-14-4-2-11(3-5-14)8-18-15-6-12-9-17-10-13(12)7-15/h2-5,9-10,15H,6-8H2,1H3. The third kappa shape index (κ3) is 2.57. The van der Waals surface area contributed by atoms with Gasteiger partial charge >= 0.3 is 0 Å². The van der Waals surface area contributed by atoms with E-state index in [9.17, 15) is 0 Å². The average molecular weight is 276 g/mol. The summed E-state index contributed by atoms with van der Waals surface area (Å²) in [4.78, 5) is 0. The number of hydrogen-bond donors (Lipinski definition) is 0. The number of thioether (sulfide) groups is 1. The molecule has 0 radical (unpaired) electrons. The molecular weight excluding hydrogens is 260 g/mol. The summed E-state index contributed by atoms with van der Waals surface area (Å²) in [6.45, 7) is 0. The van der Waals surface area contributed by atoms with Crippen molar-refractivity contribution in [3.63, 3.8) is 0 Å². The van der Waals surface area contributed by atoms with E-state index >= 15 is 0 Å². The van der Waals surface area contributed by atoms with Gasteiger partial charge < -0.3 is 4.74 Å². The molecular formula is C15H16OS2. The summed E-state index contributed by atoms with van der Waals surface area (Å²) in [5.41, 5.74) is 4.54. The normalized spacial score (nSPS) is 14.7. The zero-order valence-corrected chi connectivity index (χ0v) is 12.0. The van der Waals surface area contributed by atoms with Crippen molar-refractivity contribution in [2.45, 2.75) is 23.8 Å². The van der Waals surface area contributed by atoms with E-state index in [0.717, 1.165) is 16.8 Å². The predicted octanol–water partition coefficient (Wildman–Crippen LogP) is 4.16. The minimum atomic E-state index is 0.769. The van der Waals surface area contributed by atoms with Crippen LogP contribution in [0.3, 0.4) is 0 Å². The smallest absolute Gasteiger partial charge is 0.118 e. The highest BCUT2D eigenvalue weighted by atomic mass is 32.2. The van der Waals surface area contributed by atoms with Gasteiger partial charge in [-0.1, -0.05) is 12.1 Å². The van der Waals surface area contributed by atoms with Gasteiger partial charge in [-0.05, 0) is 52.4 Å². The SMILES string of the molecule is COc1ccc(CSC2Cc3cscc3C2)cc1. The van der Waals surface area contributed by atoms with E-state index in [0.29, 0.717) is 0 Å². The molecule has 3 heteroatoms. The molecule has 3 rings (SSSR count). The molecule has 1 aromatic heterocycles. The Morgan fingerprint density at radius 3 is 2.44 bits per heavy atom. The maximum absolute atomic E-state index is 5.17. The van der Waals surface area contributed by atoms with E-state index in [1.165, 1.54) is 18.4 Å². The van der Waals surface area contributed by atoms with Crippen molar-refractivity contribution in [3.05, 3.63) is 51.7 Å². The number of rotatable bonds is 4. The van der Waals surface area contributed by atoms with Gasteiger partial charge in [-0.3, -0.25) is 0 Å². The number of methoxy groups -OCH3 is 1. The second-order valence-corrected chi connectivity index (χ2v) is 6.64. The Morgan fingerprint density at radius 1 is 1.17 bits per heavy atom. The van der Waals surface area contributed by atoms with E-state index in [-0.39, 0.29) is 0 Å². The van der Waals surface area contributed by atoms with Crippen LogP contribution in [-0.2, 0) is 18.6 Å². The van der Waals surface area contributed by atoms with Crippen LogP contribution in [0.25, 0.3) is 0 Å². The number of fused-ring (bicyclic) bond motifs is 1. The second-order valence-electron chi connectivity index (χ2n) is 4.61. The first-order chi connectivity index (χ1) is 8.85. The van der Waals surface area contributed by atoms with E-state index < -0.39 is 0 Å². The van der Waals surface area contributed by atoms with Crippen molar-refractivity contribution in [3.8, 4) is 5.75 Å². The van der Waals surface area contributed by atoms with Crippen molar-refractivity contribution < 1.29 is 4.74 Å². The fourth-order valence-corrected chi connectivity index (χ4v) is 4.43. The lowest BCUT2D eigenvalue weighted by Gasteiger charge is -2.09. The lowest BCUT2D eigenvalue weighted by Crippen LogP contribution is -2.01. The number of ether oxygens (including phenoxy) is 1. The molecule has 0 unspecified atom stereocenters. The molecule has 0 fully saturated rings. The molecule has 1 aliphatic carbocycles. The molecule has 0 saturated heterocycles. The monoisotopic (exact) mass is 276 g/mol. The molecule has 2 aromatic rings. The molecule has 0 aliphatic heterocycles. The molecule has 1 aromatic carbocycles. The van der Waals surface area contributed by atoms with Gasteiger partial charge in [0.1, 0.15) is 5.75 Å². The average Bonchev–Trinajstić information content (AvgIpc) is 2.97. The van der Waals surface area contributed by atoms with Crippen LogP contribution < -0.4 is 4.74 Å². The highest BCUT2D eigenvalue weighted by molar-refractivity contribution is 7.99. The third-order valence-electron chi connectivity index (χ3n) is 3.37. The van der Waals surface area contributed by atoms with Gasteiger partial charge in [-0.15, -0.1) is 0 Å². The first-order valence-electron chi connectivity index (χ1n) is 6.13. The largest absolute Gasteiger partial charge is 0.497 e. The maximum Gasteiger partial charge on any atom is 0.118 e. The Labute approximate surface area is 116 Å². The summed E-state index contributed by atoms with van der Waals surface area (Å²) >= 11 is 3.92. The summed E-state index contributed by atoms with van der Waals surface area (Å²) in [5, 5.41) is 5.39. The quantitative estimate of drug-likeness (QED) is 0.829. The molecule has 0 N–H and O–H groups in total. The van der Waals surface area contributed by atoms with Gasteiger partial charge in [0.05, 0.1) is 7.11 Å². The van der Waals surface area contributed by atoms with Crippen LogP contribution in [0.5, 0.6) is 5.75 Å². The zero-order valence-electron chi connectivity index (χ0n) is 10.4. The molecule has 0 saturated carbocycles. The Bertz CT molecular complexity index is 495. The predicted molar refractivity (Wildman–Crippen MR) is 79.8 cm³/mol. The van der Waals surface area contributed by atoms with Crippen molar-refractivity contribution in [2.75, 3.05) is 7.11 Å². The third-order valence-corrected chi connectivity index (χ3v) is 5.52. The highest BCUT2D eigenvalue weighted by Gasteiger charge is 2.22. The molecule has 1 heterocycles. The van der Waals surface area contributed by atoms with Crippen LogP contribution in [0.4, 0.5) is 0 Å². The minimum absolute atomic E-state index is 0.769. The molecule has 94 valence electrons. The fraction of sp³-hybridized carbons (Fsp3) is 0.333. The number of benzene rings is 1. The Hall–Kier alpha value is -0.930. The summed E-state index contributed by atoms with van der Waals surface area (Å²) < 4.78 is 5.17. The van der Waals surface area contributed by atoms with Crippen LogP contribution in [-0.4, -0.2) is 12.4 Å². The van der Waals surface area contributed by atoms with Crippen LogP contribution in [0.2, 0.25) is 0 Å². The van der Waals surface area contributed by atoms with Gasteiger partial charge in [0, 0.05) is 11.0 Å². The Balaban J connectivity index is 1.54. The van der Waals surface area contributed by atoms with Crippen molar-refractivity contribution in [1.82, 2.24) is 0 Å². The summed E-state index contributed by atoms with van der Waals surface area (Å²) in [5.74, 6) is 2.04. The van der Waals surface area contributed by atoms with Gasteiger partial charge in [-0.2, -0.15) is 23.1 Å². The molecule has 18 heavy (non-hydrogen) atoms. The molecule has 0 amide bonds. The van der Waals surface area contributed by atoms with E-state index in [1.54, 1.807) is 18.2 Å². The lowest BCUT2D eigenvalue weighted by atomic mass is 10.2. The van der Waals surface area contributed by atoms with Crippen molar-refractivity contribution in [2.24, 2.45) is 0 Å². The van der Waals surface area contributed by atoms with Crippen LogP contribution in [0, 0.1) is 0 Å². The number of hydrogen-bond acceptors (Lipinski definition) is 3. The number of thiophene rings is 1. The summed E-state index contributed by atoms with van der Waals surface area (Å²) in [6.07, 6.45) is 2.50. The zero-order chi connectivity index (χ0) is 12.4. The van der Waals surface area contributed by atoms with Gasteiger partial charge in [-0.25, -0.2) is 0 Å². The van der Waals surface area contributed by atoms with E-state index in [4.69, 9.17) is 4.74 Å². The van der Waals surface area contributed by atoms with Crippen LogP contribution in [0.1, 0.15) is 16.7 Å². The lowest BCUT2D eigenvalue weighted by molar-refractivity contribution is 0.414. The first kappa shape index (κ1) is 12.1. The van der Waals surface area contributed by atoms with Crippen molar-refractivity contribution in [1.29, 1.82) is 0 Å². The molecule has 0 spiro atoms. The summed E-state index contributed by atoms with van der Waals surface area (Å²) in [7, 11) is 1.71. The topological polar surface area (TPSA) is 9.23 Å². The second kappa shape index (κ2) is 5.37. The first-order valence-corrected chi connectivity index (χ1v) is 8.13. The molecule has 1 aliphatic rings. The van der Waals surface area contributed by atoms with Crippen LogP contribution in [0.15, 0.2) is 35.0 Å². The van der Waals surface area contributed by atoms with Crippen molar-refractivity contribution >= 4 is 23.1 Å². The Morgan fingerprint density at radius 2 is 1.83 bits per heavy atom. The van der Waals surface area contributed by atoms with E-state index in [2.05, 4.69) is 34.7 Å². The van der Waals surface area contributed by atoms with Gasteiger partial charge in [0.2, 0.25) is 0 Å². The highest BCUT2D eigenvalue weighted by Crippen LogP contribution is 2.33. The molecule has 0 bridgehead atoms. The maximum atomic E-state index is 5.17. The van der Waals surface area contributed by atoms with Gasteiger partial charge in [0.15, 0.2) is 0 Å². The van der Waals surface area contributed by atoms with Gasteiger partial charge in [0.25, 0.3) is 0 Å². The van der Waals surface area contributed by atoms with E-state index in [1.807, 2.05) is 23.5 Å². The molecule has 0 atom stereocenters. The molecule has 1 nitrogen and oxygen atoms in total. The minimum Gasteiger partial charge on any atom is -0.497 e.